The lowest BCUT2D eigenvalue weighted by atomic mass is 10.1. The minimum Gasteiger partial charge on any atom is -0.481 e. The summed E-state index contributed by atoms with van der Waals surface area (Å²) in [4.78, 5) is 27.1. The second kappa shape index (κ2) is 6.93. The largest absolute Gasteiger partial charge is 0.481 e. The highest BCUT2D eigenvalue weighted by Gasteiger charge is 2.28. The van der Waals surface area contributed by atoms with Gasteiger partial charge < -0.3 is 15.1 Å². The molecule has 2 aromatic heterocycles. The Morgan fingerprint density at radius 3 is 2.58 bits per heavy atom. The Labute approximate surface area is 149 Å². The van der Waals surface area contributed by atoms with E-state index in [9.17, 15) is 18.0 Å². The lowest BCUT2D eigenvalue weighted by Crippen LogP contribution is -2.25. The average molecular weight is 377 g/mol. The van der Waals surface area contributed by atoms with Crippen LogP contribution in [0.4, 0.5) is 0 Å². The topological polar surface area (TPSA) is 132 Å². The molecule has 0 amide bonds. The molecule has 26 heavy (non-hydrogen) atoms. The molecule has 9 heteroatoms. The standard InChI is InChI=1S/C14H13N3O3S.C3H6O2/c18-14-13-10(5-6-15-13)11-7-9(3-4-12(11)16-14)21(19,20)17-8-1-2-8;1-2-3(4)5/h3-8,15,17H,1-2H2,(H,16,18);2H2,1H3,(H,4,5). The number of H-pyrrole nitrogens is 2. The fraction of sp³-hybridized carbons (Fsp3) is 0.294. The first-order valence-corrected chi connectivity index (χ1v) is 9.67. The van der Waals surface area contributed by atoms with E-state index < -0.39 is 16.0 Å². The number of carboxylic acid groups (broad SMARTS) is 1. The second-order valence-electron chi connectivity index (χ2n) is 6.07. The Kier molecular flexibility index (Phi) is 4.84. The molecule has 1 aliphatic rings. The van der Waals surface area contributed by atoms with E-state index in [0.29, 0.717) is 16.4 Å². The first-order valence-electron chi connectivity index (χ1n) is 8.19. The van der Waals surface area contributed by atoms with Crippen molar-refractivity contribution in [2.75, 3.05) is 0 Å². The molecular weight excluding hydrogens is 358 g/mol. The van der Waals surface area contributed by atoms with Crippen LogP contribution in [-0.2, 0) is 14.8 Å². The van der Waals surface area contributed by atoms with Gasteiger partial charge in [-0.2, -0.15) is 0 Å². The molecule has 0 spiro atoms. The fourth-order valence-electron chi connectivity index (χ4n) is 2.48. The normalized spacial score (nSPS) is 14.2. The number of carboxylic acids is 1. The van der Waals surface area contributed by atoms with Gasteiger partial charge in [-0.1, -0.05) is 6.92 Å². The molecule has 0 unspecified atom stereocenters. The maximum Gasteiger partial charge on any atom is 0.303 e. The molecule has 0 aliphatic heterocycles. The maximum absolute atomic E-state index is 12.3. The van der Waals surface area contributed by atoms with Crippen LogP contribution in [0, 0.1) is 0 Å². The smallest absolute Gasteiger partial charge is 0.303 e. The molecule has 0 saturated heterocycles. The van der Waals surface area contributed by atoms with Crippen molar-refractivity contribution in [1.29, 1.82) is 0 Å². The van der Waals surface area contributed by atoms with Crippen LogP contribution in [0.25, 0.3) is 21.8 Å². The molecule has 0 bridgehead atoms. The minimum absolute atomic E-state index is 0.0635. The number of pyridine rings is 1. The lowest BCUT2D eigenvalue weighted by Gasteiger charge is -2.07. The average Bonchev–Trinajstić information content (AvgIpc) is 3.25. The number of nitrogens with one attached hydrogen (secondary N) is 3. The highest BCUT2D eigenvalue weighted by molar-refractivity contribution is 7.89. The zero-order chi connectivity index (χ0) is 18.9. The third kappa shape index (κ3) is 3.78. The van der Waals surface area contributed by atoms with Gasteiger partial charge in [0.1, 0.15) is 5.52 Å². The second-order valence-corrected chi connectivity index (χ2v) is 7.78. The van der Waals surface area contributed by atoms with Crippen molar-refractivity contribution in [2.45, 2.75) is 37.1 Å². The van der Waals surface area contributed by atoms with Crippen molar-refractivity contribution < 1.29 is 18.3 Å². The summed E-state index contributed by atoms with van der Waals surface area (Å²) in [7, 11) is -3.50. The molecule has 1 fully saturated rings. The number of hydrogen-bond donors (Lipinski definition) is 4. The van der Waals surface area contributed by atoms with Crippen LogP contribution >= 0.6 is 0 Å². The van der Waals surface area contributed by atoms with Crippen molar-refractivity contribution >= 4 is 37.8 Å². The summed E-state index contributed by atoms with van der Waals surface area (Å²) in [6.45, 7) is 1.60. The fourth-order valence-corrected chi connectivity index (χ4v) is 3.81. The van der Waals surface area contributed by atoms with Crippen LogP contribution in [-0.4, -0.2) is 35.5 Å². The Balaban J connectivity index is 0.000000349. The molecule has 1 aromatic carbocycles. The minimum atomic E-state index is -3.50. The van der Waals surface area contributed by atoms with Gasteiger partial charge in [0.05, 0.1) is 4.90 Å². The maximum atomic E-state index is 12.3. The predicted molar refractivity (Wildman–Crippen MR) is 97.7 cm³/mol. The lowest BCUT2D eigenvalue weighted by molar-refractivity contribution is -0.136. The van der Waals surface area contributed by atoms with Gasteiger partial charge in [-0.25, -0.2) is 13.1 Å². The summed E-state index contributed by atoms with van der Waals surface area (Å²) in [6, 6.07) is 6.59. The number of aromatic nitrogens is 2. The molecule has 0 radical (unpaired) electrons. The number of fused-ring (bicyclic) bond motifs is 3. The van der Waals surface area contributed by atoms with E-state index in [-0.39, 0.29) is 22.9 Å². The van der Waals surface area contributed by atoms with Crippen LogP contribution in [0.15, 0.2) is 40.2 Å². The summed E-state index contributed by atoms with van der Waals surface area (Å²) >= 11 is 0. The van der Waals surface area contributed by atoms with Gasteiger partial charge in [-0.15, -0.1) is 0 Å². The summed E-state index contributed by atoms with van der Waals surface area (Å²) in [5.41, 5.74) is 0.860. The van der Waals surface area contributed by atoms with E-state index in [2.05, 4.69) is 14.7 Å². The highest BCUT2D eigenvalue weighted by Crippen LogP contribution is 2.26. The highest BCUT2D eigenvalue weighted by atomic mass is 32.2. The van der Waals surface area contributed by atoms with E-state index in [1.807, 2.05) is 0 Å². The third-order valence-electron chi connectivity index (χ3n) is 4.02. The van der Waals surface area contributed by atoms with Crippen LogP contribution in [0.2, 0.25) is 0 Å². The summed E-state index contributed by atoms with van der Waals surface area (Å²) in [5.74, 6) is -0.745. The van der Waals surface area contributed by atoms with Gasteiger partial charge in [0.2, 0.25) is 10.0 Å². The summed E-state index contributed by atoms with van der Waals surface area (Å²) in [5, 5.41) is 9.15. The van der Waals surface area contributed by atoms with Gasteiger partial charge in [0.15, 0.2) is 0 Å². The number of aliphatic carboxylic acids is 1. The Morgan fingerprint density at radius 2 is 1.96 bits per heavy atom. The molecule has 138 valence electrons. The van der Waals surface area contributed by atoms with Crippen molar-refractivity contribution in [3.05, 3.63) is 40.8 Å². The third-order valence-corrected chi connectivity index (χ3v) is 5.53. The first kappa shape index (κ1) is 18.2. The van der Waals surface area contributed by atoms with E-state index >= 15 is 0 Å². The SMILES string of the molecule is CCC(=O)O.O=c1[nH]c2ccc(S(=O)(=O)NC3CC3)cc2c2cc[nH]c12. The number of benzene rings is 1. The Bertz CT molecular complexity index is 1130. The van der Waals surface area contributed by atoms with Crippen LogP contribution in [0.5, 0.6) is 0 Å². The monoisotopic (exact) mass is 377 g/mol. The zero-order valence-electron chi connectivity index (χ0n) is 14.1. The molecule has 3 aromatic rings. The quantitative estimate of drug-likeness (QED) is 0.551. The van der Waals surface area contributed by atoms with Gasteiger partial charge in [0, 0.05) is 34.9 Å². The van der Waals surface area contributed by atoms with Crippen LogP contribution in [0.3, 0.4) is 0 Å². The van der Waals surface area contributed by atoms with Crippen LogP contribution < -0.4 is 10.3 Å². The van der Waals surface area contributed by atoms with Gasteiger partial charge in [-0.05, 0) is 37.1 Å². The predicted octanol–water partition coefficient (Wildman–Crippen LogP) is 1.93. The summed E-state index contributed by atoms with van der Waals surface area (Å²) < 4.78 is 27.2. The molecule has 8 nitrogen and oxygen atoms in total. The van der Waals surface area contributed by atoms with Gasteiger partial charge in [0.25, 0.3) is 5.56 Å². The van der Waals surface area contributed by atoms with Gasteiger partial charge >= 0.3 is 5.97 Å². The Hall–Kier alpha value is -2.65. The van der Waals surface area contributed by atoms with E-state index in [0.717, 1.165) is 18.2 Å². The van der Waals surface area contributed by atoms with E-state index in [4.69, 9.17) is 5.11 Å². The zero-order valence-corrected chi connectivity index (χ0v) is 14.9. The molecule has 2 heterocycles. The molecule has 1 aliphatic carbocycles. The number of hydrogen-bond acceptors (Lipinski definition) is 4. The molecular formula is C17H19N3O5S. The molecule has 0 atom stereocenters. The first-order chi connectivity index (χ1) is 12.3. The van der Waals surface area contributed by atoms with E-state index in [1.165, 1.54) is 6.07 Å². The number of aromatic amines is 2. The summed E-state index contributed by atoms with van der Waals surface area (Å²) in [6.07, 6.45) is 3.67. The van der Waals surface area contributed by atoms with Crippen LogP contribution in [0.1, 0.15) is 26.2 Å². The van der Waals surface area contributed by atoms with Crippen molar-refractivity contribution in [2.24, 2.45) is 0 Å². The van der Waals surface area contributed by atoms with E-state index in [1.54, 1.807) is 31.3 Å². The Morgan fingerprint density at radius 1 is 1.27 bits per heavy atom. The molecule has 1 saturated carbocycles. The van der Waals surface area contributed by atoms with Crippen molar-refractivity contribution in [3.63, 3.8) is 0 Å². The van der Waals surface area contributed by atoms with Crippen molar-refractivity contribution in [1.82, 2.24) is 14.7 Å². The number of sulfonamides is 1. The number of rotatable bonds is 4. The van der Waals surface area contributed by atoms with Gasteiger partial charge in [-0.3, -0.25) is 9.59 Å². The van der Waals surface area contributed by atoms with Crippen molar-refractivity contribution in [3.8, 4) is 0 Å². The number of carbonyl (C=O) groups is 1. The molecule has 4 rings (SSSR count). The molecule has 4 N–H and O–H groups in total.